The van der Waals surface area contributed by atoms with Gasteiger partial charge in [-0.05, 0) is 20.8 Å². The van der Waals surface area contributed by atoms with E-state index >= 15 is 0 Å². The lowest BCUT2D eigenvalue weighted by atomic mass is 10.2. The maximum Gasteiger partial charge on any atom is 0.158 e. The molecule has 4 heteroatoms. The van der Waals surface area contributed by atoms with Gasteiger partial charge in [0.1, 0.15) is 12.4 Å². The molecule has 0 unspecified atom stereocenters. The maximum absolute atomic E-state index is 11.5. The molecule has 1 heterocycles. The number of carbonyl (C=O) groups is 1. The van der Waals surface area contributed by atoms with Crippen molar-refractivity contribution < 1.29 is 9.53 Å². The second kappa shape index (κ2) is 5.25. The van der Waals surface area contributed by atoms with Crippen LogP contribution in [-0.2, 0) is 23.0 Å². The van der Waals surface area contributed by atoms with Gasteiger partial charge in [-0.3, -0.25) is 4.79 Å². The SMILES string of the molecule is Cn1ccnc1CCC(=O)COC(C)(C)C. The first-order valence-electron chi connectivity index (χ1n) is 5.50. The molecule has 1 aromatic rings. The number of rotatable bonds is 5. The number of carbonyl (C=O) groups excluding carboxylic acids is 1. The Morgan fingerprint density at radius 3 is 2.69 bits per heavy atom. The summed E-state index contributed by atoms with van der Waals surface area (Å²) >= 11 is 0. The van der Waals surface area contributed by atoms with E-state index in [0.717, 1.165) is 5.82 Å². The summed E-state index contributed by atoms with van der Waals surface area (Å²) in [6, 6.07) is 0. The Bertz CT molecular complexity index is 350. The number of hydrogen-bond acceptors (Lipinski definition) is 3. The van der Waals surface area contributed by atoms with Crippen LogP contribution < -0.4 is 0 Å². The van der Waals surface area contributed by atoms with Crippen LogP contribution in [0.15, 0.2) is 12.4 Å². The van der Waals surface area contributed by atoms with Gasteiger partial charge in [0.25, 0.3) is 0 Å². The average molecular weight is 224 g/mol. The van der Waals surface area contributed by atoms with Crippen molar-refractivity contribution in [1.82, 2.24) is 9.55 Å². The Labute approximate surface area is 96.6 Å². The van der Waals surface area contributed by atoms with Crippen LogP contribution in [0.4, 0.5) is 0 Å². The van der Waals surface area contributed by atoms with Crippen molar-refractivity contribution in [1.29, 1.82) is 0 Å². The van der Waals surface area contributed by atoms with E-state index in [9.17, 15) is 4.79 Å². The molecule has 0 bridgehead atoms. The van der Waals surface area contributed by atoms with E-state index in [1.54, 1.807) is 6.20 Å². The first-order valence-corrected chi connectivity index (χ1v) is 5.50. The molecule has 0 fully saturated rings. The van der Waals surface area contributed by atoms with Crippen LogP contribution in [0.5, 0.6) is 0 Å². The van der Waals surface area contributed by atoms with Crippen LogP contribution in [0.3, 0.4) is 0 Å². The molecular formula is C12H20N2O2. The summed E-state index contributed by atoms with van der Waals surface area (Å²) in [7, 11) is 1.93. The standard InChI is InChI=1S/C12H20N2O2/c1-12(2,3)16-9-10(15)5-6-11-13-7-8-14(11)4/h7-8H,5-6,9H2,1-4H3. The number of hydrogen-bond donors (Lipinski definition) is 0. The number of nitrogens with zero attached hydrogens (tertiary/aromatic N) is 2. The molecule has 0 N–H and O–H groups in total. The topological polar surface area (TPSA) is 44.1 Å². The van der Waals surface area contributed by atoms with E-state index in [4.69, 9.17) is 4.74 Å². The van der Waals surface area contributed by atoms with Crippen molar-refractivity contribution in [2.24, 2.45) is 7.05 Å². The van der Waals surface area contributed by atoms with Crippen LogP contribution in [0.2, 0.25) is 0 Å². The van der Waals surface area contributed by atoms with Crippen LogP contribution in [-0.4, -0.2) is 27.5 Å². The predicted octanol–water partition coefficient (Wildman–Crippen LogP) is 1.74. The minimum atomic E-state index is -0.251. The van der Waals surface area contributed by atoms with Gasteiger partial charge in [-0.1, -0.05) is 0 Å². The van der Waals surface area contributed by atoms with Gasteiger partial charge in [0.05, 0.1) is 5.60 Å². The van der Waals surface area contributed by atoms with E-state index in [1.165, 1.54) is 0 Å². The fourth-order valence-electron chi connectivity index (χ4n) is 1.26. The van der Waals surface area contributed by atoms with Crippen molar-refractivity contribution in [2.45, 2.75) is 39.2 Å². The molecule has 0 aromatic carbocycles. The van der Waals surface area contributed by atoms with Gasteiger partial charge < -0.3 is 9.30 Å². The molecule has 0 saturated carbocycles. The Morgan fingerprint density at radius 2 is 2.19 bits per heavy atom. The first kappa shape index (κ1) is 12.9. The third-order valence-corrected chi connectivity index (χ3v) is 2.21. The Kier molecular flexibility index (Phi) is 4.24. The summed E-state index contributed by atoms with van der Waals surface area (Å²) in [6.45, 7) is 6.02. The third kappa shape index (κ3) is 4.57. The van der Waals surface area contributed by atoms with Crippen LogP contribution in [0.25, 0.3) is 0 Å². The lowest BCUT2D eigenvalue weighted by Gasteiger charge is -2.18. The molecule has 0 atom stereocenters. The third-order valence-electron chi connectivity index (χ3n) is 2.21. The fraction of sp³-hybridized carbons (Fsp3) is 0.667. The fourth-order valence-corrected chi connectivity index (χ4v) is 1.26. The monoisotopic (exact) mass is 224 g/mol. The van der Waals surface area contributed by atoms with Crippen molar-refractivity contribution in [3.05, 3.63) is 18.2 Å². The van der Waals surface area contributed by atoms with Gasteiger partial charge in [-0.15, -0.1) is 0 Å². The molecule has 4 nitrogen and oxygen atoms in total. The molecule has 0 spiro atoms. The summed E-state index contributed by atoms with van der Waals surface area (Å²) in [5.74, 6) is 1.06. The number of imidazole rings is 1. The molecule has 16 heavy (non-hydrogen) atoms. The zero-order valence-electron chi connectivity index (χ0n) is 10.5. The lowest BCUT2D eigenvalue weighted by Crippen LogP contribution is -2.23. The van der Waals surface area contributed by atoms with Gasteiger partial charge in [-0.2, -0.15) is 0 Å². The summed E-state index contributed by atoms with van der Waals surface area (Å²) in [4.78, 5) is 15.7. The molecule has 0 radical (unpaired) electrons. The lowest BCUT2D eigenvalue weighted by molar-refractivity contribution is -0.128. The molecule has 1 rings (SSSR count). The predicted molar refractivity (Wildman–Crippen MR) is 62.2 cm³/mol. The number of Topliss-reactive ketones (excluding diaryl/α,β-unsaturated/α-hetero) is 1. The molecule has 1 aromatic heterocycles. The van der Waals surface area contributed by atoms with Crippen molar-refractivity contribution in [3.63, 3.8) is 0 Å². The number of aryl methyl sites for hydroxylation is 2. The molecule has 0 aliphatic carbocycles. The van der Waals surface area contributed by atoms with E-state index in [0.29, 0.717) is 12.8 Å². The minimum absolute atomic E-state index is 0.123. The quantitative estimate of drug-likeness (QED) is 0.765. The van der Waals surface area contributed by atoms with Gasteiger partial charge in [0.15, 0.2) is 5.78 Å². The van der Waals surface area contributed by atoms with Gasteiger partial charge in [0.2, 0.25) is 0 Å². The molecule has 0 saturated heterocycles. The van der Waals surface area contributed by atoms with E-state index < -0.39 is 0 Å². The van der Waals surface area contributed by atoms with Crippen molar-refractivity contribution in [3.8, 4) is 0 Å². The summed E-state index contributed by atoms with van der Waals surface area (Å²) in [6.07, 6.45) is 4.79. The van der Waals surface area contributed by atoms with Crippen LogP contribution in [0, 0.1) is 0 Å². The second-order valence-corrected chi connectivity index (χ2v) is 4.89. The molecule has 0 amide bonds. The highest BCUT2D eigenvalue weighted by Gasteiger charge is 2.13. The smallest absolute Gasteiger partial charge is 0.158 e. The van der Waals surface area contributed by atoms with Crippen molar-refractivity contribution >= 4 is 5.78 Å². The number of ketones is 1. The largest absolute Gasteiger partial charge is 0.368 e. The molecule has 90 valence electrons. The molecular weight excluding hydrogens is 204 g/mol. The van der Waals surface area contributed by atoms with E-state index in [-0.39, 0.29) is 18.0 Å². The van der Waals surface area contributed by atoms with E-state index in [2.05, 4.69) is 4.98 Å². The Hall–Kier alpha value is -1.16. The van der Waals surface area contributed by atoms with Crippen LogP contribution >= 0.6 is 0 Å². The van der Waals surface area contributed by atoms with E-state index in [1.807, 2.05) is 38.6 Å². The Morgan fingerprint density at radius 1 is 1.50 bits per heavy atom. The Balaban J connectivity index is 2.29. The molecule has 0 aliphatic rings. The van der Waals surface area contributed by atoms with Gasteiger partial charge in [0, 0.05) is 32.3 Å². The summed E-state index contributed by atoms with van der Waals surface area (Å²) in [5.41, 5.74) is -0.251. The minimum Gasteiger partial charge on any atom is -0.368 e. The zero-order valence-corrected chi connectivity index (χ0v) is 10.5. The normalized spacial score (nSPS) is 11.8. The number of ether oxygens (including phenoxy) is 1. The van der Waals surface area contributed by atoms with Gasteiger partial charge in [-0.25, -0.2) is 4.98 Å². The number of aromatic nitrogens is 2. The van der Waals surface area contributed by atoms with Gasteiger partial charge >= 0.3 is 0 Å². The highest BCUT2D eigenvalue weighted by molar-refractivity contribution is 5.79. The summed E-state index contributed by atoms with van der Waals surface area (Å²) < 4.78 is 7.34. The van der Waals surface area contributed by atoms with Crippen LogP contribution in [0.1, 0.15) is 33.0 Å². The zero-order chi connectivity index (χ0) is 12.2. The highest BCUT2D eigenvalue weighted by Crippen LogP contribution is 2.07. The average Bonchev–Trinajstić information content (AvgIpc) is 2.57. The highest BCUT2D eigenvalue weighted by atomic mass is 16.5. The van der Waals surface area contributed by atoms with Crippen molar-refractivity contribution in [2.75, 3.05) is 6.61 Å². The molecule has 0 aliphatic heterocycles. The first-order chi connectivity index (χ1) is 7.38. The maximum atomic E-state index is 11.5. The second-order valence-electron chi connectivity index (χ2n) is 4.89. The summed E-state index contributed by atoms with van der Waals surface area (Å²) in [5, 5.41) is 0.